The maximum Gasteiger partial charge on any atom is 0.257 e. The normalized spacial score (nSPS) is 17.4. The van der Waals surface area contributed by atoms with E-state index in [4.69, 9.17) is 23.2 Å². The Morgan fingerprint density at radius 2 is 2.04 bits per heavy atom. The number of likely N-dealkylation sites (tertiary alicyclic amines) is 1. The number of hydrogen-bond acceptors (Lipinski definition) is 4. The van der Waals surface area contributed by atoms with Gasteiger partial charge in [0.2, 0.25) is 5.95 Å². The number of nitrogens with one attached hydrogen (secondary N) is 1. The second kappa shape index (κ2) is 8.02. The minimum Gasteiger partial charge on any atom is -0.336 e. The van der Waals surface area contributed by atoms with Crippen LogP contribution in [-0.4, -0.2) is 33.4 Å². The number of hydrogen-bond donors (Lipinski definition) is 1. The van der Waals surface area contributed by atoms with Gasteiger partial charge in [-0.2, -0.15) is 0 Å². The van der Waals surface area contributed by atoms with Crippen LogP contribution in [0, 0.1) is 0 Å². The van der Waals surface area contributed by atoms with Crippen molar-refractivity contribution in [3.05, 3.63) is 46.2 Å². The van der Waals surface area contributed by atoms with Crippen molar-refractivity contribution in [1.82, 2.24) is 14.9 Å². The topological polar surface area (TPSA) is 58.1 Å². The molecular formula is C18H20Cl2N4O. The van der Waals surface area contributed by atoms with Crippen molar-refractivity contribution in [2.75, 3.05) is 11.9 Å². The average Bonchev–Trinajstić information content (AvgIpc) is 2.64. The number of amides is 1. The van der Waals surface area contributed by atoms with Gasteiger partial charge in [0, 0.05) is 30.0 Å². The molecule has 1 aromatic heterocycles. The van der Waals surface area contributed by atoms with Gasteiger partial charge in [-0.1, -0.05) is 30.1 Å². The van der Waals surface area contributed by atoms with E-state index in [2.05, 4.69) is 22.2 Å². The van der Waals surface area contributed by atoms with Crippen LogP contribution in [0.5, 0.6) is 0 Å². The number of carbonyl (C=O) groups is 1. The van der Waals surface area contributed by atoms with E-state index in [0.717, 1.165) is 25.8 Å². The highest BCUT2D eigenvalue weighted by Gasteiger charge is 2.26. The van der Waals surface area contributed by atoms with Gasteiger partial charge >= 0.3 is 0 Å². The number of aromatic nitrogens is 2. The van der Waals surface area contributed by atoms with Crippen molar-refractivity contribution in [3.63, 3.8) is 0 Å². The van der Waals surface area contributed by atoms with Crippen molar-refractivity contribution >= 4 is 40.7 Å². The molecule has 1 aliphatic rings. The first-order valence-corrected chi connectivity index (χ1v) is 9.19. The minimum absolute atomic E-state index is 0.00243. The van der Waals surface area contributed by atoms with Gasteiger partial charge < -0.3 is 10.2 Å². The van der Waals surface area contributed by atoms with Crippen LogP contribution in [0.25, 0.3) is 0 Å². The lowest BCUT2D eigenvalue weighted by Gasteiger charge is -2.35. The molecule has 0 spiro atoms. The first-order chi connectivity index (χ1) is 12.1. The summed E-state index contributed by atoms with van der Waals surface area (Å²) >= 11 is 12.0. The van der Waals surface area contributed by atoms with Crippen LogP contribution >= 0.6 is 23.2 Å². The Morgan fingerprint density at radius 3 is 2.72 bits per heavy atom. The molecule has 7 heteroatoms. The number of nitrogens with zero attached hydrogens (tertiary/aromatic N) is 3. The van der Waals surface area contributed by atoms with E-state index in [1.165, 1.54) is 6.42 Å². The van der Waals surface area contributed by atoms with Gasteiger partial charge in [0.05, 0.1) is 16.3 Å². The number of halogens is 2. The second-order valence-corrected chi connectivity index (χ2v) is 6.94. The molecule has 0 saturated carbocycles. The zero-order chi connectivity index (χ0) is 17.8. The zero-order valence-corrected chi connectivity index (χ0v) is 15.5. The van der Waals surface area contributed by atoms with Gasteiger partial charge in [-0.15, -0.1) is 0 Å². The maximum absolute atomic E-state index is 12.7. The molecule has 1 fully saturated rings. The Kier molecular flexibility index (Phi) is 5.76. The Morgan fingerprint density at radius 1 is 1.28 bits per heavy atom. The van der Waals surface area contributed by atoms with Gasteiger partial charge in [0.25, 0.3) is 5.91 Å². The molecule has 0 radical (unpaired) electrons. The van der Waals surface area contributed by atoms with Crippen LogP contribution in [0.15, 0.2) is 30.6 Å². The van der Waals surface area contributed by atoms with Crippen LogP contribution in [0.4, 0.5) is 11.6 Å². The molecule has 1 saturated heterocycles. The minimum atomic E-state index is 0.00243. The lowest BCUT2D eigenvalue weighted by molar-refractivity contribution is 0.0607. The van der Waals surface area contributed by atoms with Crippen LogP contribution in [0.3, 0.4) is 0 Å². The summed E-state index contributed by atoms with van der Waals surface area (Å²) < 4.78 is 0. The second-order valence-electron chi connectivity index (χ2n) is 6.10. The Hall–Kier alpha value is -1.85. The van der Waals surface area contributed by atoms with Crippen LogP contribution in [-0.2, 0) is 0 Å². The summed E-state index contributed by atoms with van der Waals surface area (Å²) in [6.07, 6.45) is 7.39. The highest BCUT2D eigenvalue weighted by Crippen LogP contribution is 2.27. The smallest absolute Gasteiger partial charge is 0.257 e. The monoisotopic (exact) mass is 378 g/mol. The molecule has 132 valence electrons. The molecule has 1 N–H and O–H groups in total. The van der Waals surface area contributed by atoms with Crippen molar-refractivity contribution in [2.24, 2.45) is 0 Å². The summed E-state index contributed by atoms with van der Waals surface area (Å²) in [5.41, 5.74) is 1.17. The van der Waals surface area contributed by atoms with Gasteiger partial charge in [-0.05, 0) is 43.9 Å². The average molecular weight is 379 g/mol. The highest BCUT2D eigenvalue weighted by molar-refractivity contribution is 6.36. The molecule has 5 nitrogen and oxygen atoms in total. The molecule has 3 rings (SSSR count). The third-order valence-corrected chi connectivity index (χ3v) is 4.98. The van der Waals surface area contributed by atoms with Crippen molar-refractivity contribution in [3.8, 4) is 0 Å². The van der Waals surface area contributed by atoms with E-state index in [-0.39, 0.29) is 5.91 Å². The summed E-state index contributed by atoms with van der Waals surface area (Å²) in [5, 5.41) is 4.07. The summed E-state index contributed by atoms with van der Waals surface area (Å²) in [4.78, 5) is 23.2. The standard InChI is InChI=1S/C18H20Cl2N4O/c1-2-14-5-3-4-8-24(14)17(25)12-10-21-18(22-11-12)23-16-7-6-13(19)9-15(16)20/h6-7,9-11,14H,2-5,8H2,1H3,(H,21,22,23). The van der Waals surface area contributed by atoms with Crippen LogP contribution < -0.4 is 5.32 Å². The van der Waals surface area contributed by atoms with Gasteiger partial charge in [0.15, 0.2) is 0 Å². The molecule has 1 amide bonds. The van der Waals surface area contributed by atoms with Crippen LogP contribution in [0.2, 0.25) is 10.0 Å². The van der Waals surface area contributed by atoms with E-state index in [0.29, 0.717) is 33.3 Å². The molecule has 1 aliphatic heterocycles. The van der Waals surface area contributed by atoms with Gasteiger partial charge in [-0.3, -0.25) is 4.79 Å². The van der Waals surface area contributed by atoms with E-state index < -0.39 is 0 Å². The molecule has 2 heterocycles. The lowest BCUT2D eigenvalue weighted by atomic mass is 9.99. The first-order valence-electron chi connectivity index (χ1n) is 8.43. The molecule has 2 aromatic rings. The fourth-order valence-corrected chi connectivity index (χ4v) is 3.53. The number of carbonyl (C=O) groups excluding carboxylic acids is 1. The zero-order valence-electron chi connectivity index (χ0n) is 14.0. The third kappa shape index (κ3) is 4.22. The SMILES string of the molecule is CCC1CCCCN1C(=O)c1cnc(Nc2ccc(Cl)cc2Cl)nc1. The molecular weight excluding hydrogens is 359 g/mol. The fraction of sp³-hybridized carbons (Fsp3) is 0.389. The lowest BCUT2D eigenvalue weighted by Crippen LogP contribution is -2.43. The summed E-state index contributed by atoms with van der Waals surface area (Å²) in [6, 6.07) is 5.44. The molecule has 0 bridgehead atoms. The molecule has 0 aliphatic carbocycles. The third-order valence-electron chi connectivity index (χ3n) is 4.44. The van der Waals surface area contributed by atoms with E-state index in [1.807, 2.05) is 4.90 Å². The van der Waals surface area contributed by atoms with Gasteiger partial charge in [0.1, 0.15) is 0 Å². The summed E-state index contributed by atoms with van der Waals surface area (Å²) in [7, 11) is 0. The first kappa shape index (κ1) is 18.0. The number of rotatable bonds is 4. The number of piperidine rings is 1. The molecule has 1 unspecified atom stereocenters. The van der Waals surface area contributed by atoms with Crippen molar-refractivity contribution in [2.45, 2.75) is 38.6 Å². The van der Waals surface area contributed by atoms with Crippen molar-refractivity contribution in [1.29, 1.82) is 0 Å². The van der Waals surface area contributed by atoms with E-state index in [9.17, 15) is 4.79 Å². The maximum atomic E-state index is 12.7. The predicted octanol–water partition coefficient (Wildman–Crippen LogP) is 4.93. The Labute approximate surface area is 157 Å². The van der Waals surface area contributed by atoms with E-state index in [1.54, 1.807) is 30.6 Å². The highest BCUT2D eigenvalue weighted by atomic mass is 35.5. The quantitative estimate of drug-likeness (QED) is 0.818. The predicted molar refractivity (Wildman–Crippen MR) is 101 cm³/mol. The number of anilines is 2. The molecule has 1 atom stereocenters. The largest absolute Gasteiger partial charge is 0.336 e. The van der Waals surface area contributed by atoms with Crippen LogP contribution in [0.1, 0.15) is 43.0 Å². The Balaban J connectivity index is 1.72. The summed E-state index contributed by atoms with van der Waals surface area (Å²) in [6.45, 7) is 2.92. The van der Waals surface area contributed by atoms with Gasteiger partial charge in [-0.25, -0.2) is 9.97 Å². The summed E-state index contributed by atoms with van der Waals surface area (Å²) in [5.74, 6) is 0.383. The molecule has 1 aromatic carbocycles. The molecule has 25 heavy (non-hydrogen) atoms. The van der Waals surface area contributed by atoms with E-state index >= 15 is 0 Å². The van der Waals surface area contributed by atoms with Crippen molar-refractivity contribution < 1.29 is 4.79 Å². The fourth-order valence-electron chi connectivity index (χ4n) is 3.07. The number of benzene rings is 1. The Bertz CT molecular complexity index is 751.